The number of aldehydes is 1. The number of amides is 2. The zero-order valence-electron chi connectivity index (χ0n) is 14.8. The van der Waals surface area contributed by atoms with Crippen molar-refractivity contribution in [2.45, 2.75) is 45.3 Å². The molecule has 9 heteroatoms. The number of nitrogens with zero attached hydrogens (tertiary/aromatic N) is 2. The Bertz CT molecular complexity index is 459. The van der Waals surface area contributed by atoms with Crippen molar-refractivity contribution in [1.29, 1.82) is 0 Å². The maximum atomic E-state index is 11.8. The molecule has 0 aromatic rings. The minimum absolute atomic E-state index is 0.0185. The van der Waals surface area contributed by atoms with Crippen LogP contribution in [0.4, 0.5) is 9.59 Å². The third-order valence-electron chi connectivity index (χ3n) is 2.85. The summed E-state index contributed by atoms with van der Waals surface area (Å²) >= 11 is 0. The molecule has 9 nitrogen and oxygen atoms in total. The van der Waals surface area contributed by atoms with E-state index in [9.17, 15) is 19.2 Å². The predicted octanol–water partition coefficient (Wildman–Crippen LogP) is 1.35. The molecule has 0 fully saturated rings. The molecule has 0 unspecified atom stereocenters. The second-order valence-electron chi connectivity index (χ2n) is 6.28. The maximum Gasteiger partial charge on any atom is 0.410 e. The number of carbonyl (C=O) groups excluding carboxylic acids is 3. The third kappa shape index (κ3) is 8.96. The SMILES string of the molecule is CN(CCN(C)C(=O)OC(C)(C)C)C(=O)O[C@@H](CCC=O)C(=O)O. The van der Waals surface area contributed by atoms with E-state index in [1.54, 1.807) is 20.8 Å². The summed E-state index contributed by atoms with van der Waals surface area (Å²) in [5.74, 6) is -1.32. The van der Waals surface area contributed by atoms with Crippen LogP contribution in [0.2, 0.25) is 0 Å². The average Bonchev–Trinajstić information content (AvgIpc) is 2.46. The van der Waals surface area contributed by atoms with Crippen molar-refractivity contribution in [3.8, 4) is 0 Å². The molecular weight excluding hydrogens is 320 g/mol. The molecule has 0 heterocycles. The lowest BCUT2D eigenvalue weighted by Crippen LogP contribution is -2.41. The molecule has 0 aromatic heterocycles. The van der Waals surface area contributed by atoms with Crippen LogP contribution in [-0.4, -0.2) is 78.2 Å². The first-order valence-corrected chi connectivity index (χ1v) is 7.50. The van der Waals surface area contributed by atoms with Gasteiger partial charge in [-0.2, -0.15) is 0 Å². The summed E-state index contributed by atoms with van der Waals surface area (Å²) in [5, 5.41) is 8.95. The standard InChI is InChI=1S/C15H26N2O7/c1-15(2,3)24-14(22)17(5)9-8-16(4)13(21)23-11(12(19)20)7-6-10-18/h10-11H,6-9H2,1-5H3,(H,19,20)/t11-/m0/s1. The van der Waals surface area contributed by atoms with E-state index in [2.05, 4.69) is 0 Å². The van der Waals surface area contributed by atoms with Crippen LogP contribution in [0, 0.1) is 0 Å². The number of likely N-dealkylation sites (N-methyl/N-ethyl adjacent to an activating group) is 2. The Hall–Kier alpha value is -2.32. The van der Waals surface area contributed by atoms with Crippen LogP contribution in [0.25, 0.3) is 0 Å². The fourth-order valence-corrected chi connectivity index (χ4v) is 1.49. The van der Waals surface area contributed by atoms with Crippen molar-refractivity contribution in [2.24, 2.45) is 0 Å². The first-order valence-electron chi connectivity index (χ1n) is 7.50. The molecule has 0 bridgehead atoms. The number of carboxylic acids is 1. The number of rotatable bonds is 8. The van der Waals surface area contributed by atoms with Gasteiger partial charge in [0.2, 0.25) is 6.10 Å². The summed E-state index contributed by atoms with van der Waals surface area (Å²) in [6.45, 7) is 5.55. The maximum absolute atomic E-state index is 11.8. The second kappa shape index (κ2) is 9.74. The van der Waals surface area contributed by atoms with Gasteiger partial charge in [0.05, 0.1) is 0 Å². The molecule has 0 aromatic carbocycles. The molecule has 0 radical (unpaired) electrons. The van der Waals surface area contributed by atoms with E-state index in [-0.39, 0.29) is 25.9 Å². The molecule has 0 saturated heterocycles. The molecule has 24 heavy (non-hydrogen) atoms. The van der Waals surface area contributed by atoms with Crippen LogP contribution in [0.3, 0.4) is 0 Å². The summed E-state index contributed by atoms with van der Waals surface area (Å²) in [4.78, 5) is 47.4. The summed E-state index contributed by atoms with van der Waals surface area (Å²) < 4.78 is 10.0. The van der Waals surface area contributed by atoms with Crippen molar-refractivity contribution in [3.05, 3.63) is 0 Å². The fourth-order valence-electron chi connectivity index (χ4n) is 1.49. The average molecular weight is 346 g/mol. The molecule has 1 atom stereocenters. The van der Waals surface area contributed by atoms with Gasteiger partial charge in [-0.25, -0.2) is 14.4 Å². The minimum atomic E-state index is -1.38. The molecule has 0 rings (SSSR count). The summed E-state index contributed by atoms with van der Waals surface area (Å²) in [6.07, 6.45) is -2.30. The summed E-state index contributed by atoms with van der Waals surface area (Å²) in [7, 11) is 2.95. The second-order valence-corrected chi connectivity index (χ2v) is 6.28. The fraction of sp³-hybridized carbons (Fsp3) is 0.733. The molecule has 2 amide bonds. The Labute approximate surface area is 141 Å². The predicted molar refractivity (Wildman–Crippen MR) is 84.7 cm³/mol. The molecular formula is C15H26N2O7. The summed E-state index contributed by atoms with van der Waals surface area (Å²) in [6, 6.07) is 0. The lowest BCUT2D eigenvalue weighted by molar-refractivity contribution is -0.147. The number of ether oxygens (including phenoxy) is 2. The highest BCUT2D eigenvalue weighted by molar-refractivity contribution is 5.77. The number of hydrogen-bond acceptors (Lipinski definition) is 6. The van der Waals surface area contributed by atoms with Crippen molar-refractivity contribution < 1.29 is 33.8 Å². The van der Waals surface area contributed by atoms with Crippen molar-refractivity contribution in [3.63, 3.8) is 0 Å². The van der Waals surface area contributed by atoms with Gasteiger partial charge < -0.3 is 29.2 Å². The normalized spacial score (nSPS) is 12.0. The Kier molecular flexibility index (Phi) is 8.80. The van der Waals surface area contributed by atoms with E-state index in [1.807, 2.05) is 0 Å². The van der Waals surface area contributed by atoms with E-state index in [1.165, 1.54) is 19.0 Å². The topological polar surface area (TPSA) is 113 Å². The molecule has 0 aliphatic carbocycles. The number of aliphatic carboxylic acids is 1. The van der Waals surface area contributed by atoms with Gasteiger partial charge in [0.15, 0.2) is 0 Å². The third-order valence-corrected chi connectivity index (χ3v) is 2.85. The van der Waals surface area contributed by atoms with E-state index in [4.69, 9.17) is 14.6 Å². The molecule has 0 spiro atoms. The largest absolute Gasteiger partial charge is 0.479 e. The number of carbonyl (C=O) groups is 4. The van der Waals surface area contributed by atoms with Crippen LogP contribution in [0.15, 0.2) is 0 Å². The van der Waals surface area contributed by atoms with Crippen molar-refractivity contribution >= 4 is 24.4 Å². The first kappa shape index (κ1) is 21.7. The zero-order valence-corrected chi connectivity index (χ0v) is 14.8. The lowest BCUT2D eigenvalue weighted by Gasteiger charge is -2.26. The van der Waals surface area contributed by atoms with E-state index in [0.29, 0.717) is 6.29 Å². The van der Waals surface area contributed by atoms with Gasteiger partial charge in [0, 0.05) is 40.0 Å². The molecule has 0 aliphatic rings. The summed E-state index contributed by atoms with van der Waals surface area (Å²) in [5.41, 5.74) is -0.622. The smallest absolute Gasteiger partial charge is 0.410 e. The molecule has 1 N–H and O–H groups in total. The number of hydrogen-bond donors (Lipinski definition) is 1. The van der Waals surface area contributed by atoms with E-state index in [0.717, 1.165) is 4.90 Å². The van der Waals surface area contributed by atoms with Crippen LogP contribution < -0.4 is 0 Å². The highest BCUT2D eigenvalue weighted by atomic mass is 16.6. The van der Waals surface area contributed by atoms with Gasteiger partial charge in [0.25, 0.3) is 0 Å². The Morgan fingerprint density at radius 2 is 1.58 bits per heavy atom. The Balaban J connectivity index is 4.41. The highest BCUT2D eigenvalue weighted by Gasteiger charge is 2.24. The van der Waals surface area contributed by atoms with Gasteiger partial charge in [-0.3, -0.25) is 0 Å². The van der Waals surface area contributed by atoms with Gasteiger partial charge in [0.1, 0.15) is 11.9 Å². The van der Waals surface area contributed by atoms with E-state index >= 15 is 0 Å². The van der Waals surface area contributed by atoms with Crippen LogP contribution in [0.1, 0.15) is 33.6 Å². The molecule has 138 valence electrons. The quantitative estimate of drug-likeness (QED) is 0.660. The van der Waals surface area contributed by atoms with Gasteiger partial charge in [-0.1, -0.05) is 0 Å². The van der Waals surface area contributed by atoms with Crippen LogP contribution in [0.5, 0.6) is 0 Å². The van der Waals surface area contributed by atoms with E-state index < -0.39 is 29.9 Å². The molecule has 0 saturated carbocycles. The van der Waals surface area contributed by atoms with Crippen LogP contribution in [-0.2, 0) is 19.1 Å². The number of carboxylic acid groups (broad SMARTS) is 1. The molecule has 0 aliphatic heterocycles. The monoisotopic (exact) mass is 346 g/mol. The van der Waals surface area contributed by atoms with Crippen LogP contribution >= 0.6 is 0 Å². The lowest BCUT2D eigenvalue weighted by atomic mass is 10.2. The van der Waals surface area contributed by atoms with Crippen molar-refractivity contribution in [1.82, 2.24) is 9.80 Å². The Morgan fingerprint density at radius 3 is 2.00 bits per heavy atom. The first-order chi connectivity index (χ1) is 11.0. The van der Waals surface area contributed by atoms with Crippen molar-refractivity contribution in [2.75, 3.05) is 27.2 Å². The Morgan fingerprint density at radius 1 is 1.08 bits per heavy atom. The van der Waals surface area contributed by atoms with Gasteiger partial charge in [-0.05, 0) is 20.8 Å². The minimum Gasteiger partial charge on any atom is -0.479 e. The van der Waals surface area contributed by atoms with Gasteiger partial charge in [-0.15, -0.1) is 0 Å². The zero-order chi connectivity index (χ0) is 18.9. The van der Waals surface area contributed by atoms with Gasteiger partial charge >= 0.3 is 18.2 Å². The highest BCUT2D eigenvalue weighted by Crippen LogP contribution is 2.09.